The van der Waals surface area contributed by atoms with Crippen LogP contribution in [0, 0.1) is 0 Å². The van der Waals surface area contributed by atoms with E-state index in [1.807, 2.05) is 30.3 Å². The third kappa shape index (κ3) is 4.62. The van der Waals surface area contributed by atoms with Gasteiger partial charge in [0.05, 0.1) is 12.6 Å². The summed E-state index contributed by atoms with van der Waals surface area (Å²) in [6, 6.07) is 14.3. The largest absolute Gasteiger partial charge is 0.496 e. The van der Waals surface area contributed by atoms with Crippen LogP contribution >= 0.6 is 0 Å². The summed E-state index contributed by atoms with van der Waals surface area (Å²) in [4.78, 5) is 0. The number of allylic oxidation sites excluding steroid dienone is 4. The number of nitrogens with one attached hydrogen (secondary N) is 1. The minimum absolute atomic E-state index is 0.0839. The molecule has 0 bridgehead atoms. The summed E-state index contributed by atoms with van der Waals surface area (Å²) in [6.07, 6.45) is 7.45. The van der Waals surface area contributed by atoms with E-state index in [1.54, 1.807) is 7.11 Å². The molecule has 2 aromatic carbocycles. The summed E-state index contributed by atoms with van der Waals surface area (Å²) < 4.78 is 12.0. The molecule has 30 heavy (non-hydrogen) atoms. The third-order valence-corrected chi connectivity index (χ3v) is 5.32. The maximum absolute atomic E-state index is 6.22. The van der Waals surface area contributed by atoms with E-state index in [0.29, 0.717) is 6.61 Å². The van der Waals surface area contributed by atoms with E-state index >= 15 is 0 Å². The number of ether oxygens (including phenoxy) is 2. The average Bonchev–Trinajstić information content (AvgIpc) is 2.72. The van der Waals surface area contributed by atoms with E-state index in [4.69, 9.17) is 9.47 Å². The van der Waals surface area contributed by atoms with Crippen LogP contribution in [-0.4, -0.2) is 12.6 Å². The molecule has 0 saturated carbocycles. The van der Waals surface area contributed by atoms with Crippen LogP contribution in [-0.2, 0) is 11.3 Å². The van der Waals surface area contributed by atoms with E-state index in [1.165, 1.54) is 16.7 Å². The van der Waals surface area contributed by atoms with Crippen molar-refractivity contribution in [1.82, 2.24) is 0 Å². The van der Waals surface area contributed by atoms with Gasteiger partial charge in [-0.25, -0.2) is 0 Å². The quantitative estimate of drug-likeness (QED) is 0.391. The lowest BCUT2D eigenvalue weighted by Gasteiger charge is -2.33. The molecule has 0 aromatic heterocycles. The van der Waals surface area contributed by atoms with Gasteiger partial charge in [0.25, 0.3) is 0 Å². The standard InChI is InChI=1S/C27H33NO2/c1-7-12-25(29-6)21(8-2)22-15-16-24-26(19(3)17-27(4,5)28-24)23(22)18-30-20-13-10-9-11-14-20/h8-17,28H,7,18H2,1-6H3/b21-8-,25-12+. The Labute approximate surface area is 181 Å². The van der Waals surface area contributed by atoms with Crippen LogP contribution in [0.1, 0.15) is 57.7 Å². The molecule has 3 nitrogen and oxygen atoms in total. The highest BCUT2D eigenvalue weighted by atomic mass is 16.5. The number of para-hydroxylation sites is 1. The van der Waals surface area contributed by atoms with Crippen LogP contribution in [0.2, 0.25) is 0 Å². The van der Waals surface area contributed by atoms with Crippen molar-refractivity contribution in [1.29, 1.82) is 0 Å². The third-order valence-electron chi connectivity index (χ3n) is 5.32. The lowest BCUT2D eigenvalue weighted by atomic mass is 9.85. The number of hydrogen-bond acceptors (Lipinski definition) is 3. The molecule has 0 aliphatic carbocycles. The molecule has 1 N–H and O–H groups in total. The smallest absolute Gasteiger partial charge is 0.122 e. The molecule has 0 radical (unpaired) electrons. The molecular weight excluding hydrogens is 370 g/mol. The minimum Gasteiger partial charge on any atom is -0.496 e. The number of methoxy groups -OCH3 is 1. The molecule has 0 atom stereocenters. The van der Waals surface area contributed by atoms with Crippen molar-refractivity contribution < 1.29 is 9.47 Å². The van der Waals surface area contributed by atoms with Gasteiger partial charge in [0.1, 0.15) is 18.1 Å². The van der Waals surface area contributed by atoms with E-state index in [2.05, 4.69) is 70.3 Å². The molecule has 1 aliphatic heterocycles. The molecule has 0 saturated heterocycles. The molecule has 2 aromatic rings. The fraction of sp³-hybridized carbons (Fsp3) is 0.333. The number of anilines is 1. The van der Waals surface area contributed by atoms with Crippen molar-refractivity contribution in [2.75, 3.05) is 12.4 Å². The first-order chi connectivity index (χ1) is 14.4. The predicted molar refractivity (Wildman–Crippen MR) is 128 cm³/mol. The SMILES string of the molecule is C/C=C(\C(=C/CC)OC)c1ccc2c(c1COc1ccccc1)C(C)=CC(C)(C)N2. The van der Waals surface area contributed by atoms with Crippen LogP contribution in [0.25, 0.3) is 11.1 Å². The van der Waals surface area contributed by atoms with Gasteiger partial charge in [-0.3, -0.25) is 0 Å². The molecule has 0 fully saturated rings. The summed E-state index contributed by atoms with van der Waals surface area (Å²) in [5, 5.41) is 3.66. The van der Waals surface area contributed by atoms with Crippen molar-refractivity contribution in [2.45, 2.75) is 53.2 Å². The molecule has 0 unspecified atom stereocenters. The summed E-state index contributed by atoms with van der Waals surface area (Å²) in [6.45, 7) is 11.2. The fourth-order valence-electron chi connectivity index (χ4n) is 4.19. The van der Waals surface area contributed by atoms with E-state index in [0.717, 1.165) is 34.8 Å². The Hall–Kier alpha value is -2.94. The molecule has 0 amide bonds. The average molecular weight is 404 g/mol. The first-order valence-electron chi connectivity index (χ1n) is 10.6. The van der Waals surface area contributed by atoms with Crippen LogP contribution in [0.4, 0.5) is 5.69 Å². The summed E-state index contributed by atoms with van der Waals surface area (Å²) >= 11 is 0. The zero-order valence-electron chi connectivity index (χ0n) is 19.0. The zero-order chi connectivity index (χ0) is 21.7. The van der Waals surface area contributed by atoms with Gasteiger partial charge in [0, 0.05) is 22.4 Å². The Bertz CT molecular complexity index is 981. The van der Waals surface area contributed by atoms with Gasteiger partial charge in [0.2, 0.25) is 0 Å². The van der Waals surface area contributed by atoms with Gasteiger partial charge in [-0.2, -0.15) is 0 Å². The number of benzene rings is 2. The molecular formula is C27H33NO2. The van der Waals surface area contributed by atoms with Gasteiger partial charge < -0.3 is 14.8 Å². The van der Waals surface area contributed by atoms with Gasteiger partial charge >= 0.3 is 0 Å². The van der Waals surface area contributed by atoms with Gasteiger partial charge in [-0.1, -0.05) is 43.3 Å². The first kappa shape index (κ1) is 21.8. The highest BCUT2D eigenvalue weighted by molar-refractivity contribution is 5.88. The number of rotatable bonds is 7. The Morgan fingerprint density at radius 3 is 2.47 bits per heavy atom. The van der Waals surface area contributed by atoms with Crippen molar-refractivity contribution in [3.05, 3.63) is 83.1 Å². The lowest BCUT2D eigenvalue weighted by Crippen LogP contribution is -2.32. The topological polar surface area (TPSA) is 30.5 Å². The maximum Gasteiger partial charge on any atom is 0.122 e. The molecule has 1 aliphatic rings. The summed E-state index contributed by atoms with van der Waals surface area (Å²) in [5.74, 6) is 1.76. The Morgan fingerprint density at radius 1 is 1.10 bits per heavy atom. The van der Waals surface area contributed by atoms with E-state index in [9.17, 15) is 0 Å². The number of hydrogen-bond donors (Lipinski definition) is 1. The Morgan fingerprint density at radius 2 is 1.83 bits per heavy atom. The second kappa shape index (κ2) is 9.25. The van der Waals surface area contributed by atoms with Crippen molar-refractivity contribution in [2.24, 2.45) is 0 Å². The van der Waals surface area contributed by atoms with Gasteiger partial charge in [-0.15, -0.1) is 0 Å². The molecule has 1 heterocycles. The van der Waals surface area contributed by atoms with E-state index in [-0.39, 0.29) is 5.54 Å². The maximum atomic E-state index is 6.22. The molecule has 0 spiro atoms. The number of fused-ring (bicyclic) bond motifs is 1. The Balaban J connectivity index is 2.15. The lowest BCUT2D eigenvalue weighted by molar-refractivity contribution is 0.303. The highest BCUT2D eigenvalue weighted by Crippen LogP contribution is 2.40. The summed E-state index contributed by atoms with van der Waals surface area (Å²) in [7, 11) is 1.73. The van der Waals surface area contributed by atoms with Crippen LogP contribution in [0.15, 0.2) is 66.5 Å². The van der Waals surface area contributed by atoms with Crippen LogP contribution in [0.3, 0.4) is 0 Å². The fourth-order valence-corrected chi connectivity index (χ4v) is 4.19. The predicted octanol–water partition coefficient (Wildman–Crippen LogP) is 7.22. The van der Waals surface area contributed by atoms with Gasteiger partial charge in [-0.05, 0) is 69.5 Å². The molecule has 3 heteroatoms. The second-order valence-corrected chi connectivity index (χ2v) is 8.17. The van der Waals surface area contributed by atoms with Crippen molar-refractivity contribution in [3.8, 4) is 5.75 Å². The molecule has 158 valence electrons. The van der Waals surface area contributed by atoms with Crippen LogP contribution in [0.5, 0.6) is 5.75 Å². The van der Waals surface area contributed by atoms with Crippen molar-refractivity contribution in [3.63, 3.8) is 0 Å². The first-order valence-corrected chi connectivity index (χ1v) is 10.6. The van der Waals surface area contributed by atoms with Gasteiger partial charge in [0.15, 0.2) is 0 Å². The highest BCUT2D eigenvalue weighted by Gasteiger charge is 2.27. The van der Waals surface area contributed by atoms with E-state index < -0.39 is 0 Å². The Kier molecular flexibility index (Phi) is 6.71. The van der Waals surface area contributed by atoms with Crippen LogP contribution < -0.4 is 10.1 Å². The normalized spacial score (nSPS) is 15.7. The second-order valence-electron chi connectivity index (χ2n) is 8.17. The summed E-state index contributed by atoms with van der Waals surface area (Å²) in [5.41, 5.74) is 6.93. The van der Waals surface area contributed by atoms with Crippen molar-refractivity contribution >= 4 is 16.8 Å². The minimum atomic E-state index is -0.0839. The zero-order valence-corrected chi connectivity index (χ0v) is 19.0. The molecule has 3 rings (SSSR count). The monoisotopic (exact) mass is 403 g/mol.